The van der Waals surface area contributed by atoms with Gasteiger partial charge in [-0.3, -0.25) is 9.59 Å². The number of benzene rings is 1. The molecule has 1 aliphatic rings. The van der Waals surface area contributed by atoms with Crippen molar-refractivity contribution in [3.63, 3.8) is 0 Å². The molecule has 184 valence electrons. The summed E-state index contributed by atoms with van der Waals surface area (Å²) in [6, 6.07) is 2.41. The number of carbonyl (C=O) groups is 2. The summed E-state index contributed by atoms with van der Waals surface area (Å²) < 4.78 is 65.6. The number of rotatable bonds is 4. The lowest BCUT2D eigenvalue weighted by molar-refractivity contribution is -0.173. The summed E-state index contributed by atoms with van der Waals surface area (Å²) in [5.41, 5.74) is -1.43. The van der Waals surface area contributed by atoms with Crippen LogP contribution in [0, 0.1) is 13.8 Å². The van der Waals surface area contributed by atoms with Crippen molar-refractivity contribution < 1.29 is 36.6 Å². The summed E-state index contributed by atoms with van der Waals surface area (Å²) in [5, 5.41) is 8.38. The lowest BCUT2D eigenvalue weighted by atomic mass is 10.0. The molecule has 1 unspecified atom stereocenters. The van der Waals surface area contributed by atoms with Crippen molar-refractivity contribution in [1.82, 2.24) is 20.1 Å². The van der Waals surface area contributed by atoms with Gasteiger partial charge in [0.2, 0.25) is 0 Å². The highest BCUT2D eigenvalue weighted by molar-refractivity contribution is 6.10. The standard InChI is InChI=1S/C22H19F4N5O4/c1-10-6-5-7-28-18(10)31-13(9-15(30-31)22(24,25)26)20(33)29-16-11(2)17-14(34-21(3,23)35-17)8-12(16)19(32)27-4/h5-9H,1-4H3,(H,27,32)(H,29,33). The highest BCUT2D eigenvalue weighted by Gasteiger charge is 2.40. The largest absolute Gasteiger partial charge is 0.435 e. The molecule has 1 atom stereocenters. The van der Waals surface area contributed by atoms with E-state index in [-0.39, 0.29) is 34.1 Å². The Balaban J connectivity index is 1.83. The molecule has 9 nitrogen and oxygen atoms in total. The van der Waals surface area contributed by atoms with Crippen LogP contribution in [0.3, 0.4) is 0 Å². The molecule has 0 bridgehead atoms. The Morgan fingerprint density at radius 2 is 1.86 bits per heavy atom. The number of ether oxygens (including phenoxy) is 2. The van der Waals surface area contributed by atoms with E-state index in [4.69, 9.17) is 9.47 Å². The van der Waals surface area contributed by atoms with Crippen molar-refractivity contribution in [2.75, 3.05) is 12.4 Å². The number of aromatic nitrogens is 3. The zero-order chi connectivity index (χ0) is 25.7. The van der Waals surface area contributed by atoms with Crippen molar-refractivity contribution in [3.8, 4) is 17.3 Å². The van der Waals surface area contributed by atoms with Gasteiger partial charge in [-0.05, 0) is 31.5 Å². The topological polar surface area (TPSA) is 107 Å². The monoisotopic (exact) mass is 493 g/mol. The van der Waals surface area contributed by atoms with Gasteiger partial charge in [0, 0.05) is 31.8 Å². The maximum Gasteiger partial charge on any atom is 0.435 e. The molecule has 0 spiro atoms. The highest BCUT2D eigenvalue weighted by atomic mass is 19.4. The normalized spacial score (nSPS) is 16.8. The van der Waals surface area contributed by atoms with Gasteiger partial charge in [-0.1, -0.05) is 6.07 Å². The van der Waals surface area contributed by atoms with Crippen molar-refractivity contribution in [3.05, 3.63) is 58.5 Å². The summed E-state index contributed by atoms with van der Waals surface area (Å²) >= 11 is 0. The van der Waals surface area contributed by atoms with Crippen LogP contribution < -0.4 is 20.1 Å². The van der Waals surface area contributed by atoms with Gasteiger partial charge in [0.1, 0.15) is 5.69 Å². The van der Waals surface area contributed by atoms with Crippen LogP contribution in [0.15, 0.2) is 30.5 Å². The van der Waals surface area contributed by atoms with Gasteiger partial charge in [0.15, 0.2) is 23.0 Å². The number of hydrogen-bond donors (Lipinski definition) is 2. The van der Waals surface area contributed by atoms with E-state index < -0.39 is 35.4 Å². The predicted molar refractivity (Wildman–Crippen MR) is 114 cm³/mol. The van der Waals surface area contributed by atoms with Crippen LogP contribution in [-0.2, 0) is 6.18 Å². The highest BCUT2D eigenvalue weighted by Crippen LogP contribution is 2.46. The zero-order valence-electron chi connectivity index (χ0n) is 18.9. The second kappa shape index (κ2) is 8.25. The second-order valence-electron chi connectivity index (χ2n) is 7.79. The number of fused-ring (bicyclic) bond motifs is 1. The predicted octanol–water partition coefficient (Wildman–Crippen LogP) is 3.93. The van der Waals surface area contributed by atoms with E-state index in [0.29, 0.717) is 11.6 Å². The number of nitrogens with zero attached hydrogens (tertiary/aromatic N) is 3. The molecular weight excluding hydrogens is 474 g/mol. The summed E-state index contributed by atoms with van der Waals surface area (Å²) in [7, 11) is 1.33. The quantitative estimate of drug-likeness (QED) is 0.534. The molecule has 1 aliphatic heterocycles. The Labute approximate surface area is 196 Å². The molecule has 0 fully saturated rings. The van der Waals surface area contributed by atoms with E-state index in [9.17, 15) is 27.2 Å². The summed E-state index contributed by atoms with van der Waals surface area (Å²) in [6.07, 6.45) is -3.49. The van der Waals surface area contributed by atoms with E-state index in [1.807, 2.05) is 0 Å². The first-order valence-corrected chi connectivity index (χ1v) is 10.2. The van der Waals surface area contributed by atoms with Gasteiger partial charge in [-0.15, -0.1) is 0 Å². The molecule has 35 heavy (non-hydrogen) atoms. The van der Waals surface area contributed by atoms with Crippen LogP contribution in [0.25, 0.3) is 5.82 Å². The first kappa shape index (κ1) is 24.0. The first-order chi connectivity index (χ1) is 16.3. The Morgan fingerprint density at radius 1 is 1.14 bits per heavy atom. The zero-order valence-corrected chi connectivity index (χ0v) is 18.9. The third kappa shape index (κ3) is 4.36. The Morgan fingerprint density at radius 3 is 2.49 bits per heavy atom. The molecule has 2 amide bonds. The molecule has 0 radical (unpaired) electrons. The third-order valence-corrected chi connectivity index (χ3v) is 5.19. The van der Waals surface area contributed by atoms with Crippen molar-refractivity contribution in [2.45, 2.75) is 33.0 Å². The van der Waals surface area contributed by atoms with Crippen LogP contribution in [0.5, 0.6) is 11.5 Å². The molecule has 13 heteroatoms. The Kier molecular flexibility index (Phi) is 5.65. The molecule has 0 saturated heterocycles. The lowest BCUT2D eigenvalue weighted by Gasteiger charge is -2.16. The first-order valence-electron chi connectivity index (χ1n) is 10.2. The number of aryl methyl sites for hydroxylation is 1. The van der Waals surface area contributed by atoms with Crippen LogP contribution in [0.4, 0.5) is 23.2 Å². The van der Waals surface area contributed by atoms with Gasteiger partial charge in [-0.25, -0.2) is 9.67 Å². The summed E-state index contributed by atoms with van der Waals surface area (Å²) in [6.45, 7) is 4.04. The average Bonchev–Trinajstić information content (AvgIpc) is 3.36. The molecular formula is C22H19F4N5O4. The smallest absolute Gasteiger partial charge is 0.423 e. The van der Waals surface area contributed by atoms with Crippen LogP contribution in [0.1, 0.15) is 44.6 Å². The lowest BCUT2D eigenvalue weighted by Crippen LogP contribution is -2.28. The van der Waals surface area contributed by atoms with Gasteiger partial charge < -0.3 is 20.1 Å². The van der Waals surface area contributed by atoms with E-state index >= 15 is 0 Å². The number of halogens is 4. The van der Waals surface area contributed by atoms with Crippen molar-refractivity contribution in [1.29, 1.82) is 0 Å². The SMILES string of the molecule is CNC(=O)c1cc2c(c(C)c1NC(=O)c1cc(C(F)(F)F)nn1-c1ncccc1C)OC(C)(F)O2. The fraction of sp³-hybridized carbons (Fsp3) is 0.273. The third-order valence-electron chi connectivity index (χ3n) is 5.19. The minimum absolute atomic E-state index is 0.00952. The summed E-state index contributed by atoms with van der Waals surface area (Å²) in [4.78, 5) is 29.8. The van der Waals surface area contributed by atoms with Gasteiger partial charge in [0.05, 0.1) is 11.3 Å². The van der Waals surface area contributed by atoms with E-state index in [1.165, 1.54) is 26.2 Å². The minimum Gasteiger partial charge on any atom is -0.423 e. The molecule has 2 aromatic heterocycles. The second-order valence-corrected chi connectivity index (χ2v) is 7.79. The number of hydrogen-bond acceptors (Lipinski definition) is 6. The van der Waals surface area contributed by atoms with Crippen LogP contribution in [-0.4, -0.2) is 39.7 Å². The maximum absolute atomic E-state index is 14.3. The maximum atomic E-state index is 14.3. The van der Waals surface area contributed by atoms with Crippen LogP contribution in [0.2, 0.25) is 0 Å². The van der Waals surface area contributed by atoms with E-state index in [2.05, 4.69) is 20.7 Å². The molecule has 0 aliphatic carbocycles. The Hall–Kier alpha value is -4.16. The number of anilines is 1. The fourth-order valence-corrected chi connectivity index (χ4v) is 3.57. The molecule has 4 rings (SSSR count). The minimum atomic E-state index is -4.84. The number of nitrogens with one attached hydrogen (secondary N) is 2. The number of amides is 2. The average molecular weight is 493 g/mol. The molecule has 3 heterocycles. The number of pyridine rings is 1. The molecule has 0 saturated carbocycles. The van der Waals surface area contributed by atoms with E-state index in [1.54, 1.807) is 19.1 Å². The fourth-order valence-electron chi connectivity index (χ4n) is 3.57. The van der Waals surface area contributed by atoms with Gasteiger partial charge >= 0.3 is 12.2 Å². The van der Waals surface area contributed by atoms with Gasteiger partial charge in [0.25, 0.3) is 11.8 Å². The summed E-state index contributed by atoms with van der Waals surface area (Å²) in [5.74, 6) is -1.81. The van der Waals surface area contributed by atoms with Gasteiger partial charge in [-0.2, -0.15) is 22.7 Å². The molecule has 1 aromatic carbocycles. The number of alkyl halides is 4. The van der Waals surface area contributed by atoms with Crippen molar-refractivity contribution >= 4 is 17.5 Å². The van der Waals surface area contributed by atoms with Crippen LogP contribution >= 0.6 is 0 Å². The molecule has 2 N–H and O–H groups in total. The van der Waals surface area contributed by atoms with Crippen molar-refractivity contribution in [2.24, 2.45) is 0 Å². The molecule has 3 aromatic rings. The number of carbonyl (C=O) groups excluding carboxylic acids is 2. The Bertz CT molecular complexity index is 1350. The van der Waals surface area contributed by atoms with E-state index in [0.717, 1.165) is 11.6 Å².